The molecule has 0 unspecified atom stereocenters. The lowest BCUT2D eigenvalue weighted by atomic mass is 9.98. The second kappa shape index (κ2) is 10.9. The average Bonchev–Trinajstić information content (AvgIpc) is 3.28. The van der Waals surface area contributed by atoms with Gasteiger partial charge in [-0.15, -0.1) is 0 Å². The Balaban J connectivity index is 1.50. The van der Waals surface area contributed by atoms with Crippen LogP contribution in [0.5, 0.6) is 5.75 Å². The number of amides is 2. The second-order valence-electron chi connectivity index (χ2n) is 9.61. The minimum Gasteiger partial charge on any atom is -0.491 e. The number of likely N-dealkylation sites (N-methyl/N-ethyl adjacent to an activating group) is 1. The van der Waals surface area contributed by atoms with Crippen LogP contribution in [0.3, 0.4) is 0 Å². The van der Waals surface area contributed by atoms with Crippen molar-refractivity contribution in [1.29, 1.82) is 0 Å². The van der Waals surface area contributed by atoms with Crippen molar-refractivity contribution in [3.63, 3.8) is 0 Å². The highest BCUT2D eigenvalue weighted by Gasteiger charge is 2.22. The van der Waals surface area contributed by atoms with Gasteiger partial charge in [0.05, 0.1) is 17.8 Å². The number of hydrogen-bond acceptors (Lipinski definition) is 5. The van der Waals surface area contributed by atoms with Gasteiger partial charge in [-0.3, -0.25) is 19.3 Å². The van der Waals surface area contributed by atoms with Crippen molar-refractivity contribution in [2.24, 2.45) is 7.05 Å². The highest BCUT2D eigenvalue weighted by atomic mass is 16.5. The molecule has 2 amide bonds. The van der Waals surface area contributed by atoms with E-state index in [1.54, 1.807) is 41.0 Å². The Morgan fingerprint density at radius 1 is 0.947 bits per heavy atom. The van der Waals surface area contributed by atoms with Crippen molar-refractivity contribution in [1.82, 2.24) is 24.6 Å². The molecular formula is C30H31N5O3. The van der Waals surface area contributed by atoms with Crippen LogP contribution < -0.4 is 4.74 Å². The molecule has 0 radical (unpaired) electrons. The topological polar surface area (TPSA) is 80.6 Å². The van der Waals surface area contributed by atoms with E-state index in [1.165, 1.54) is 0 Å². The maximum absolute atomic E-state index is 13.5. The van der Waals surface area contributed by atoms with Crippen molar-refractivity contribution in [2.45, 2.75) is 13.3 Å². The molecule has 1 aliphatic heterocycles. The van der Waals surface area contributed by atoms with Crippen molar-refractivity contribution in [3.8, 4) is 16.9 Å². The first kappa shape index (κ1) is 25.2. The summed E-state index contributed by atoms with van der Waals surface area (Å²) in [7, 11) is 3.57. The molecule has 4 aromatic rings. The van der Waals surface area contributed by atoms with Gasteiger partial charge in [0, 0.05) is 63.3 Å². The fourth-order valence-corrected chi connectivity index (χ4v) is 4.76. The zero-order chi connectivity index (χ0) is 26.6. The Kier molecular flexibility index (Phi) is 7.22. The van der Waals surface area contributed by atoms with Crippen LogP contribution in [0.15, 0.2) is 73.2 Å². The normalized spacial score (nSPS) is 14.4. The third-order valence-corrected chi connectivity index (χ3v) is 6.83. The monoisotopic (exact) mass is 509 g/mol. The fraction of sp³-hybridized carbons (Fsp3) is 0.267. The molecule has 0 N–H and O–H groups in total. The molecule has 1 aliphatic rings. The Hall–Kier alpha value is -4.46. The lowest BCUT2D eigenvalue weighted by Crippen LogP contribution is -2.41. The lowest BCUT2D eigenvalue weighted by Gasteiger charge is -2.26. The molecule has 8 nitrogen and oxygen atoms in total. The van der Waals surface area contributed by atoms with Crippen LogP contribution in [-0.4, -0.2) is 69.7 Å². The third-order valence-electron chi connectivity index (χ3n) is 6.83. The smallest absolute Gasteiger partial charge is 0.257 e. The molecule has 2 aromatic carbocycles. The average molecular weight is 510 g/mol. The van der Waals surface area contributed by atoms with E-state index in [0.717, 1.165) is 28.0 Å². The summed E-state index contributed by atoms with van der Waals surface area (Å²) in [6.07, 6.45) is 5.93. The van der Waals surface area contributed by atoms with Gasteiger partial charge >= 0.3 is 0 Å². The first-order chi connectivity index (χ1) is 18.4. The van der Waals surface area contributed by atoms with Gasteiger partial charge in [0.25, 0.3) is 11.8 Å². The summed E-state index contributed by atoms with van der Waals surface area (Å²) in [4.78, 5) is 34.4. The summed E-state index contributed by atoms with van der Waals surface area (Å²) < 4.78 is 7.92. The standard InChI is InChI=1S/C30H31N5O3/c1-21-27(20-34(3)32-21)30(37)35-13-12-33(2)29(36)24-7-4-6-22(16-24)17-26-18-23(25-8-5-11-31-19-25)9-10-28(26)38-15-14-35/h4-11,16,18-20H,12-15,17H2,1-3H3. The van der Waals surface area contributed by atoms with Crippen molar-refractivity contribution < 1.29 is 14.3 Å². The quantitative estimate of drug-likeness (QED) is 0.408. The molecule has 5 rings (SSSR count). The van der Waals surface area contributed by atoms with Crippen LogP contribution in [0, 0.1) is 6.92 Å². The number of aromatic nitrogens is 3. The van der Waals surface area contributed by atoms with E-state index in [-0.39, 0.29) is 11.8 Å². The zero-order valence-electron chi connectivity index (χ0n) is 21.9. The summed E-state index contributed by atoms with van der Waals surface area (Å²) in [5, 5.41) is 4.33. The highest BCUT2D eigenvalue weighted by Crippen LogP contribution is 2.29. The largest absolute Gasteiger partial charge is 0.491 e. The number of hydrogen-bond donors (Lipinski definition) is 0. The van der Waals surface area contributed by atoms with Gasteiger partial charge in [0.1, 0.15) is 12.4 Å². The number of benzene rings is 2. The van der Waals surface area contributed by atoms with E-state index in [4.69, 9.17) is 4.74 Å². The van der Waals surface area contributed by atoms with Crippen LogP contribution in [-0.2, 0) is 13.5 Å². The molecule has 0 spiro atoms. The number of nitrogens with zero attached hydrogens (tertiary/aromatic N) is 5. The number of aryl methyl sites for hydroxylation is 2. The number of fused-ring (bicyclic) bond motifs is 3. The SMILES string of the molecule is Cc1nn(C)cc1C(=O)N1CCOc2ccc(-c3cccnc3)cc2Cc2cccc(c2)C(=O)N(C)CC1. The molecule has 0 fully saturated rings. The minimum atomic E-state index is -0.124. The van der Waals surface area contributed by atoms with Crippen LogP contribution in [0.25, 0.3) is 11.1 Å². The Morgan fingerprint density at radius 3 is 2.55 bits per heavy atom. The predicted octanol–water partition coefficient (Wildman–Crippen LogP) is 3.99. The number of rotatable bonds is 2. The molecule has 0 saturated heterocycles. The number of carbonyl (C=O) groups is 2. The number of carbonyl (C=O) groups excluding carboxylic acids is 2. The molecule has 3 heterocycles. The molecule has 0 saturated carbocycles. The van der Waals surface area contributed by atoms with Crippen molar-refractivity contribution in [3.05, 3.63) is 101 Å². The Morgan fingerprint density at radius 2 is 1.79 bits per heavy atom. The fourth-order valence-electron chi connectivity index (χ4n) is 4.76. The van der Waals surface area contributed by atoms with Gasteiger partial charge in [-0.05, 0) is 53.9 Å². The summed E-state index contributed by atoms with van der Waals surface area (Å²) in [6, 6.07) is 17.8. The number of ether oxygens (including phenoxy) is 1. The van der Waals surface area contributed by atoms with Crippen molar-refractivity contribution >= 4 is 11.8 Å². The zero-order valence-corrected chi connectivity index (χ0v) is 21.9. The van der Waals surface area contributed by atoms with Gasteiger partial charge in [0.2, 0.25) is 0 Å². The van der Waals surface area contributed by atoms with Gasteiger partial charge in [-0.1, -0.05) is 24.3 Å². The highest BCUT2D eigenvalue weighted by molar-refractivity contribution is 5.95. The molecule has 0 atom stereocenters. The summed E-state index contributed by atoms with van der Waals surface area (Å²) >= 11 is 0. The Labute approximate surface area is 222 Å². The second-order valence-corrected chi connectivity index (χ2v) is 9.61. The van der Waals surface area contributed by atoms with Crippen LogP contribution in [0.2, 0.25) is 0 Å². The van der Waals surface area contributed by atoms with E-state index in [0.29, 0.717) is 49.5 Å². The molecule has 38 heavy (non-hydrogen) atoms. The van der Waals surface area contributed by atoms with Crippen LogP contribution in [0.4, 0.5) is 0 Å². The molecule has 0 aliphatic carbocycles. The van der Waals surface area contributed by atoms with Crippen LogP contribution >= 0.6 is 0 Å². The van der Waals surface area contributed by atoms with Crippen molar-refractivity contribution in [2.75, 3.05) is 33.3 Å². The van der Waals surface area contributed by atoms with E-state index in [2.05, 4.69) is 16.1 Å². The Bertz CT molecular complexity index is 1460. The van der Waals surface area contributed by atoms with E-state index in [1.807, 2.05) is 61.7 Å². The first-order valence-electron chi connectivity index (χ1n) is 12.7. The van der Waals surface area contributed by atoms with Gasteiger partial charge in [0.15, 0.2) is 0 Å². The van der Waals surface area contributed by atoms with E-state index >= 15 is 0 Å². The lowest BCUT2D eigenvalue weighted by molar-refractivity contribution is 0.0667. The molecule has 2 bridgehead atoms. The molecule has 8 heteroatoms. The maximum atomic E-state index is 13.5. The minimum absolute atomic E-state index is 0.0746. The first-order valence-corrected chi connectivity index (χ1v) is 12.7. The van der Waals surface area contributed by atoms with Crippen LogP contribution in [0.1, 0.15) is 37.5 Å². The molecule has 2 aromatic heterocycles. The van der Waals surface area contributed by atoms with Gasteiger partial charge in [-0.2, -0.15) is 5.10 Å². The van der Waals surface area contributed by atoms with Gasteiger partial charge in [-0.25, -0.2) is 0 Å². The summed E-state index contributed by atoms with van der Waals surface area (Å²) in [5.74, 6) is 0.559. The third kappa shape index (κ3) is 5.44. The summed E-state index contributed by atoms with van der Waals surface area (Å²) in [5.41, 5.74) is 5.93. The summed E-state index contributed by atoms with van der Waals surface area (Å²) in [6.45, 7) is 3.31. The maximum Gasteiger partial charge on any atom is 0.257 e. The molecular weight excluding hydrogens is 478 g/mol. The predicted molar refractivity (Wildman–Crippen MR) is 145 cm³/mol. The number of pyridine rings is 1. The molecule has 194 valence electrons. The van der Waals surface area contributed by atoms with E-state index in [9.17, 15) is 9.59 Å². The van der Waals surface area contributed by atoms with E-state index < -0.39 is 0 Å². The van der Waals surface area contributed by atoms with Gasteiger partial charge < -0.3 is 14.5 Å².